The van der Waals surface area contributed by atoms with E-state index in [2.05, 4.69) is 10.6 Å². The molecule has 0 radical (unpaired) electrons. The minimum atomic E-state index is -0.872. The SMILES string of the molecule is COC(=O)NC1CCN(C(=O)N2CCN(n3c(C(C)N(C(=O)Nc4ccc(F)cc4)c4ccc(OC)cc4OC)nc4ccccc4c3=O)CC2)C1.[HH].[HH]. The molecule has 2 aliphatic heterocycles. The predicted molar refractivity (Wildman–Crippen MR) is 197 cm³/mol. The molecule has 2 fully saturated rings. The number of nitrogens with zero attached hydrogens (tertiary/aromatic N) is 6. The Morgan fingerprint density at radius 1 is 0.942 bits per heavy atom. The van der Waals surface area contributed by atoms with Gasteiger partial charge >= 0.3 is 18.2 Å². The van der Waals surface area contributed by atoms with Crippen LogP contribution in [-0.4, -0.2) is 104 Å². The Labute approximate surface area is 302 Å². The first-order valence-electron chi connectivity index (χ1n) is 16.8. The van der Waals surface area contributed by atoms with Crippen molar-refractivity contribution in [3.8, 4) is 11.5 Å². The topological polar surface area (TPSA) is 151 Å². The third kappa shape index (κ3) is 7.36. The normalized spacial score (nSPS) is 16.3. The molecule has 1 aromatic heterocycles. The number of anilines is 2. The second-order valence-corrected chi connectivity index (χ2v) is 12.4. The van der Waals surface area contributed by atoms with Gasteiger partial charge in [-0.05, 0) is 61.9 Å². The maximum atomic E-state index is 14.3. The quantitative estimate of drug-likeness (QED) is 0.265. The Hall–Kier alpha value is -6.06. The van der Waals surface area contributed by atoms with Gasteiger partial charge in [-0.25, -0.2) is 28.4 Å². The highest BCUT2D eigenvalue weighted by Crippen LogP contribution is 2.37. The summed E-state index contributed by atoms with van der Waals surface area (Å²) in [4.78, 5) is 63.5. The molecule has 2 N–H and O–H groups in total. The van der Waals surface area contributed by atoms with Gasteiger partial charge in [0.05, 0.1) is 63.1 Å². The molecule has 0 saturated carbocycles. The number of para-hydroxylation sites is 1. The number of hydrogen-bond donors (Lipinski definition) is 2. The highest BCUT2D eigenvalue weighted by molar-refractivity contribution is 6.03. The molecule has 15 nitrogen and oxygen atoms in total. The molecule has 6 rings (SSSR count). The number of alkyl carbamates (subject to hydrolysis) is 1. The average Bonchev–Trinajstić information content (AvgIpc) is 3.63. The van der Waals surface area contributed by atoms with Crippen LogP contribution in [0.3, 0.4) is 0 Å². The molecule has 4 aromatic rings. The third-order valence-corrected chi connectivity index (χ3v) is 9.28. The lowest BCUT2D eigenvalue weighted by Gasteiger charge is -2.40. The monoisotopic (exact) mass is 720 g/mol. The van der Waals surface area contributed by atoms with Crippen LogP contribution >= 0.6 is 0 Å². The van der Waals surface area contributed by atoms with Gasteiger partial charge in [-0.1, -0.05) is 12.1 Å². The van der Waals surface area contributed by atoms with Crippen molar-refractivity contribution in [1.82, 2.24) is 24.8 Å². The van der Waals surface area contributed by atoms with Gasteiger partial charge in [0.25, 0.3) is 5.56 Å². The van der Waals surface area contributed by atoms with Crippen LogP contribution in [0.1, 0.15) is 28.1 Å². The molecular weight excluding hydrogens is 675 g/mol. The molecule has 0 aliphatic carbocycles. The second kappa shape index (κ2) is 15.4. The highest BCUT2D eigenvalue weighted by Gasteiger charge is 2.35. The van der Waals surface area contributed by atoms with Crippen molar-refractivity contribution in [2.75, 3.05) is 75.8 Å². The van der Waals surface area contributed by atoms with Gasteiger partial charge in [0.15, 0.2) is 5.82 Å². The van der Waals surface area contributed by atoms with Gasteiger partial charge in [-0.15, -0.1) is 0 Å². The van der Waals surface area contributed by atoms with Crippen LogP contribution in [0.25, 0.3) is 10.9 Å². The van der Waals surface area contributed by atoms with Gasteiger partial charge in [0.1, 0.15) is 17.3 Å². The summed E-state index contributed by atoms with van der Waals surface area (Å²) < 4.78 is 31.0. The second-order valence-electron chi connectivity index (χ2n) is 12.4. The summed E-state index contributed by atoms with van der Waals surface area (Å²) in [5.41, 5.74) is 0.838. The molecule has 2 atom stereocenters. The Balaban J connectivity index is 0.00000325. The molecule has 52 heavy (non-hydrogen) atoms. The van der Waals surface area contributed by atoms with Crippen LogP contribution in [-0.2, 0) is 4.74 Å². The number of amides is 5. The zero-order chi connectivity index (χ0) is 36.9. The molecule has 5 amide bonds. The van der Waals surface area contributed by atoms with Crippen LogP contribution in [0.15, 0.2) is 71.5 Å². The van der Waals surface area contributed by atoms with Crippen molar-refractivity contribution in [1.29, 1.82) is 0 Å². The number of ether oxygens (including phenoxy) is 3. The van der Waals surface area contributed by atoms with Crippen molar-refractivity contribution in [2.24, 2.45) is 0 Å². The molecular formula is C36H45FN8O7. The number of halogens is 1. The summed E-state index contributed by atoms with van der Waals surface area (Å²) in [7, 11) is 4.29. The maximum absolute atomic E-state index is 14.3. The summed E-state index contributed by atoms with van der Waals surface area (Å²) in [5.74, 6) is 0.649. The van der Waals surface area contributed by atoms with Gasteiger partial charge in [0.2, 0.25) is 0 Å². The third-order valence-electron chi connectivity index (χ3n) is 9.28. The van der Waals surface area contributed by atoms with Gasteiger partial charge in [0, 0.05) is 40.8 Å². The van der Waals surface area contributed by atoms with E-state index in [4.69, 9.17) is 19.2 Å². The van der Waals surface area contributed by atoms with Gasteiger partial charge < -0.3 is 39.7 Å². The molecule has 278 valence electrons. The smallest absolute Gasteiger partial charge is 0.407 e. The first-order chi connectivity index (χ1) is 25.1. The van der Waals surface area contributed by atoms with E-state index in [9.17, 15) is 23.6 Å². The molecule has 0 spiro atoms. The number of carbonyl (C=O) groups is 3. The minimum Gasteiger partial charge on any atom is -0.497 e. The summed E-state index contributed by atoms with van der Waals surface area (Å²) in [5, 5.41) is 7.82. The van der Waals surface area contributed by atoms with E-state index in [0.717, 1.165) is 0 Å². The number of likely N-dealkylation sites (tertiary alicyclic amines) is 1. The Kier molecular flexibility index (Phi) is 10.6. The summed E-state index contributed by atoms with van der Waals surface area (Å²) in [6.07, 6.45) is 0.0778. The number of methoxy groups -OCH3 is 3. The molecule has 16 heteroatoms. The number of nitrogens with one attached hydrogen (secondary N) is 2. The van der Waals surface area contributed by atoms with E-state index in [0.29, 0.717) is 79.5 Å². The van der Waals surface area contributed by atoms with Crippen molar-refractivity contribution in [3.63, 3.8) is 0 Å². The lowest BCUT2D eigenvalue weighted by Crippen LogP contribution is -2.58. The number of hydrogen-bond acceptors (Lipinski definition) is 9. The molecule has 2 unspecified atom stereocenters. The highest BCUT2D eigenvalue weighted by atomic mass is 19.1. The van der Waals surface area contributed by atoms with Crippen LogP contribution in [0.5, 0.6) is 11.5 Å². The Bertz CT molecular complexity index is 2010. The summed E-state index contributed by atoms with van der Waals surface area (Å²) in [6.45, 7) is 3.86. The van der Waals surface area contributed by atoms with Crippen LogP contribution < -0.4 is 35.6 Å². The summed E-state index contributed by atoms with van der Waals surface area (Å²) in [6, 6.07) is 15.6. The van der Waals surface area contributed by atoms with E-state index >= 15 is 0 Å². The van der Waals surface area contributed by atoms with E-state index < -0.39 is 24.0 Å². The van der Waals surface area contributed by atoms with Crippen molar-refractivity contribution >= 4 is 40.4 Å². The van der Waals surface area contributed by atoms with E-state index in [-0.39, 0.29) is 26.3 Å². The maximum Gasteiger partial charge on any atom is 0.407 e. The fourth-order valence-corrected chi connectivity index (χ4v) is 6.56. The number of fused-ring (bicyclic) bond motifs is 1. The summed E-state index contributed by atoms with van der Waals surface area (Å²) >= 11 is 0. The zero-order valence-corrected chi connectivity index (χ0v) is 29.4. The van der Waals surface area contributed by atoms with Gasteiger partial charge in [-0.3, -0.25) is 9.69 Å². The average molecular weight is 721 g/mol. The standard InChI is InChI=1S/C36H41FN8O7.2H2/c1-23(44(30-14-13-27(50-2)21-31(30)51-3)34(47)38-25-11-9-24(37)10-12-25)32-40-29-8-6-5-7-28(29)33(46)45(32)43-19-17-41(18-20-43)36(49)42-16-15-26(22-42)39-35(48)52-4;;/h5-14,21,23,26H,15-20,22H2,1-4H3,(H,38,47)(H,39,48);2*1H. The van der Waals surface area contributed by atoms with E-state index in [1.54, 1.807) is 59.2 Å². The van der Waals surface area contributed by atoms with Crippen LogP contribution in [0.2, 0.25) is 0 Å². The Morgan fingerprint density at radius 3 is 2.37 bits per heavy atom. The minimum absolute atomic E-state index is 0. The fraction of sp³-hybridized carbons (Fsp3) is 0.361. The number of carbonyl (C=O) groups excluding carboxylic acids is 3. The lowest BCUT2D eigenvalue weighted by atomic mass is 10.1. The van der Waals surface area contributed by atoms with Crippen LogP contribution in [0, 0.1) is 5.82 Å². The van der Waals surface area contributed by atoms with Crippen molar-refractivity contribution < 1.29 is 35.8 Å². The first-order valence-corrected chi connectivity index (χ1v) is 16.8. The molecule has 2 saturated heterocycles. The Morgan fingerprint density at radius 2 is 1.67 bits per heavy atom. The number of benzene rings is 3. The van der Waals surface area contributed by atoms with Crippen LogP contribution in [0.4, 0.5) is 30.1 Å². The van der Waals surface area contributed by atoms with E-state index in [1.165, 1.54) is 55.2 Å². The predicted octanol–water partition coefficient (Wildman–Crippen LogP) is 4.65. The van der Waals surface area contributed by atoms with Crippen molar-refractivity contribution in [3.05, 3.63) is 88.7 Å². The van der Waals surface area contributed by atoms with Gasteiger partial charge in [-0.2, -0.15) is 0 Å². The van der Waals surface area contributed by atoms with Crippen molar-refractivity contribution in [2.45, 2.75) is 25.4 Å². The van der Waals surface area contributed by atoms with E-state index in [1.807, 2.05) is 5.01 Å². The largest absolute Gasteiger partial charge is 0.497 e. The number of aromatic nitrogens is 2. The number of rotatable bonds is 8. The molecule has 0 bridgehead atoms. The zero-order valence-electron chi connectivity index (χ0n) is 29.4. The lowest BCUT2D eigenvalue weighted by molar-refractivity contribution is 0.152. The number of piperazine rings is 1. The fourth-order valence-electron chi connectivity index (χ4n) is 6.56. The first kappa shape index (κ1) is 35.8. The molecule has 3 aromatic carbocycles. The molecule has 2 aliphatic rings. The molecule has 3 heterocycles. The number of urea groups is 2.